The average molecular weight is 229 g/mol. The second kappa shape index (κ2) is 5.46. The Morgan fingerprint density at radius 3 is 2.76 bits per heavy atom. The van der Waals surface area contributed by atoms with Crippen LogP contribution in [0.3, 0.4) is 0 Å². The quantitative estimate of drug-likeness (QED) is 0.874. The van der Waals surface area contributed by atoms with E-state index in [1.807, 2.05) is 43.3 Å². The van der Waals surface area contributed by atoms with Crippen LogP contribution >= 0.6 is 0 Å². The molecular formula is C14H15NO2. The van der Waals surface area contributed by atoms with Crippen molar-refractivity contribution in [2.75, 3.05) is 0 Å². The molecule has 1 aromatic heterocycles. The molecule has 0 aliphatic rings. The Hall–Kier alpha value is -1.87. The van der Waals surface area contributed by atoms with Gasteiger partial charge in [-0.1, -0.05) is 25.1 Å². The van der Waals surface area contributed by atoms with E-state index in [4.69, 9.17) is 4.74 Å². The zero-order valence-electron chi connectivity index (χ0n) is 9.71. The smallest absolute Gasteiger partial charge is 0.145 e. The molecule has 0 fully saturated rings. The third kappa shape index (κ3) is 2.82. The highest BCUT2D eigenvalue weighted by Gasteiger charge is 2.11. The molecule has 0 saturated heterocycles. The van der Waals surface area contributed by atoms with Crippen LogP contribution in [-0.4, -0.2) is 10.1 Å². The standard InChI is InChI=1S/C14H15NO2/c1-2-13(16)12-7-3-4-8-14(12)17-11-6-5-9-15-10-11/h3-10,13,16H,2H2,1H3. The van der Waals surface area contributed by atoms with Gasteiger partial charge < -0.3 is 9.84 Å². The molecular weight excluding hydrogens is 214 g/mol. The summed E-state index contributed by atoms with van der Waals surface area (Å²) >= 11 is 0. The predicted molar refractivity (Wildman–Crippen MR) is 66.0 cm³/mol. The summed E-state index contributed by atoms with van der Waals surface area (Å²) in [5.74, 6) is 1.35. The summed E-state index contributed by atoms with van der Waals surface area (Å²) in [5, 5.41) is 9.89. The molecule has 3 heteroatoms. The van der Waals surface area contributed by atoms with Gasteiger partial charge in [0.05, 0.1) is 12.3 Å². The minimum Gasteiger partial charge on any atom is -0.455 e. The van der Waals surface area contributed by atoms with E-state index in [1.165, 1.54) is 0 Å². The Balaban J connectivity index is 2.27. The normalized spacial score (nSPS) is 12.1. The van der Waals surface area contributed by atoms with Gasteiger partial charge in [0.25, 0.3) is 0 Å². The fraction of sp³-hybridized carbons (Fsp3) is 0.214. The van der Waals surface area contributed by atoms with Crippen molar-refractivity contribution in [3.63, 3.8) is 0 Å². The molecule has 2 rings (SSSR count). The highest BCUT2D eigenvalue weighted by Crippen LogP contribution is 2.30. The van der Waals surface area contributed by atoms with E-state index >= 15 is 0 Å². The third-order valence-corrected chi connectivity index (χ3v) is 2.53. The van der Waals surface area contributed by atoms with Crippen LogP contribution in [0, 0.1) is 0 Å². The minimum absolute atomic E-state index is 0.497. The Morgan fingerprint density at radius 1 is 1.24 bits per heavy atom. The van der Waals surface area contributed by atoms with Crippen LogP contribution in [0.4, 0.5) is 0 Å². The number of nitrogens with zero attached hydrogens (tertiary/aromatic N) is 1. The summed E-state index contributed by atoms with van der Waals surface area (Å²) in [6, 6.07) is 11.2. The minimum atomic E-state index is -0.497. The lowest BCUT2D eigenvalue weighted by Crippen LogP contribution is -1.98. The number of hydrogen-bond donors (Lipinski definition) is 1. The molecule has 1 aromatic carbocycles. The first-order valence-corrected chi connectivity index (χ1v) is 5.66. The lowest BCUT2D eigenvalue weighted by Gasteiger charge is -2.14. The van der Waals surface area contributed by atoms with Crippen molar-refractivity contribution in [2.45, 2.75) is 19.4 Å². The zero-order chi connectivity index (χ0) is 12.1. The molecule has 17 heavy (non-hydrogen) atoms. The number of aliphatic hydroxyl groups excluding tert-OH is 1. The van der Waals surface area contributed by atoms with Crippen LogP contribution in [0.2, 0.25) is 0 Å². The molecule has 1 heterocycles. The maximum atomic E-state index is 9.89. The van der Waals surface area contributed by atoms with Crippen molar-refractivity contribution in [2.24, 2.45) is 0 Å². The van der Waals surface area contributed by atoms with E-state index in [-0.39, 0.29) is 0 Å². The van der Waals surface area contributed by atoms with E-state index in [9.17, 15) is 5.11 Å². The molecule has 2 aromatic rings. The van der Waals surface area contributed by atoms with Crippen molar-refractivity contribution in [3.05, 3.63) is 54.4 Å². The SMILES string of the molecule is CCC(O)c1ccccc1Oc1cccnc1. The second-order valence-corrected chi connectivity index (χ2v) is 3.75. The fourth-order valence-electron chi connectivity index (χ4n) is 1.60. The lowest BCUT2D eigenvalue weighted by atomic mass is 10.1. The molecule has 0 bridgehead atoms. The molecule has 1 atom stereocenters. The van der Waals surface area contributed by atoms with Crippen LogP contribution < -0.4 is 4.74 Å². The van der Waals surface area contributed by atoms with Gasteiger partial charge in [0.1, 0.15) is 11.5 Å². The molecule has 1 unspecified atom stereocenters. The number of rotatable bonds is 4. The van der Waals surface area contributed by atoms with E-state index in [2.05, 4.69) is 4.98 Å². The summed E-state index contributed by atoms with van der Waals surface area (Å²) in [4.78, 5) is 3.99. The van der Waals surface area contributed by atoms with Gasteiger partial charge in [0.15, 0.2) is 0 Å². The van der Waals surface area contributed by atoms with E-state index < -0.39 is 6.10 Å². The number of para-hydroxylation sites is 1. The molecule has 3 nitrogen and oxygen atoms in total. The Kier molecular flexibility index (Phi) is 3.73. The summed E-state index contributed by atoms with van der Waals surface area (Å²) in [6.45, 7) is 1.94. The fourth-order valence-corrected chi connectivity index (χ4v) is 1.60. The Bertz CT molecular complexity index is 471. The monoisotopic (exact) mass is 229 g/mol. The number of benzene rings is 1. The van der Waals surface area contributed by atoms with Crippen LogP contribution in [-0.2, 0) is 0 Å². The molecule has 0 amide bonds. The van der Waals surface area contributed by atoms with E-state index in [0.29, 0.717) is 17.9 Å². The van der Waals surface area contributed by atoms with Crippen LogP contribution in [0.5, 0.6) is 11.5 Å². The van der Waals surface area contributed by atoms with Gasteiger partial charge >= 0.3 is 0 Å². The molecule has 0 radical (unpaired) electrons. The molecule has 0 aliphatic carbocycles. The van der Waals surface area contributed by atoms with Gasteiger partial charge in [-0.2, -0.15) is 0 Å². The van der Waals surface area contributed by atoms with Gasteiger partial charge in [-0.05, 0) is 24.6 Å². The zero-order valence-corrected chi connectivity index (χ0v) is 9.71. The van der Waals surface area contributed by atoms with Crippen molar-refractivity contribution >= 4 is 0 Å². The molecule has 0 spiro atoms. The predicted octanol–water partition coefficient (Wildman–Crippen LogP) is 3.32. The number of aliphatic hydroxyl groups is 1. The highest BCUT2D eigenvalue weighted by atomic mass is 16.5. The average Bonchev–Trinajstić information content (AvgIpc) is 2.40. The van der Waals surface area contributed by atoms with Crippen LogP contribution in [0.25, 0.3) is 0 Å². The topological polar surface area (TPSA) is 42.4 Å². The Morgan fingerprint density at radius 2 is 2.06 bits per heavy atom. The van der Waals surface area contributed by atoms with Crippen molar-refractivity contribution < 1.29 is 9.84 Å². The van der Waals surface area contributed by atoms with Gasteiger partial charge in [0, 0.05) is 11.8 Å². The summed E-state index contributed by atoms with van der Waals surface area (Å²) < 4.78 is 5.71. The number of hydrogen-bond acceptors (Lipinski definition) is 3. The molecule has 1 N–H and O–H groups in total. The number of aromatic nitrogens is 1. The van der Waals surface area contributed by atoms with Crippen LogP contribution in [0.15, 0.2) is 48.8 Å². The summed E-state index contributed by atoms with van der Waals surface area (Å²) in [7, 11) is 0. The first-order chi connectivity index (χ1) is 8.31. The summed E-state index contributed by atoms with van der Waals surface area (Å²) in [6.07, 6.45) is 3.50. The number of ether oxygens (including phenoxy) is 1. The first-order valence-electron chi connectivity index (χ1n) is 5.66. The van der Waals surface area contributed by atoms with Gasteiger partial charge in [0.2, 0.25) is 0 Å². The Labute approximate surface area is 101 Å². The molecule has 88 valence electrons. The number of pyridine rings is 1. The van der Waals surface area contributed by atoms with E-state index in [1.54, 1.807) is 12.4 Å². The largest absolute Gasteiger partial charge is 0.455 e. The maximum Gasteiger partial charge on any atom is 0.145 e. The van der Waals surface area contributed by atoms with Crippen molar-refractivity contribution in [3.8, 4) is 11.5 Å². The van der Waals surface area contributed by atoms with Crippen molar-refractivity contribution in [1.29, 1.82) is 0 Å². The molecule has 0 aliphatic heterocycles. The van der Waals surface area contributed by atoms with E-state index in [0.717, 1.165) is 5.56 Å². The third-order valence-electron chi connectivity index (χ3n) is 2.53. The lowest BCUT2D eigenvalue weighted by molar-refractivity contribution is 0.170. The first kappa shape index (κ1) is 11.6. The molecule has 0 saturated carbocycles. The van der Waals surface area contributed by atoms with Gasteiger partial charge in [-0.3, -0.25) is 4.98 Å². The van der Waals surface area contributed by atoms with Gasteiger partial charge in [-0.15, -0.1) is 0 Å². The highest BCUT2D eigenvalue weighted by molar-refractivity contribution is 5.38. The second-order valence-electron chi connectivity index (χ2n) is 3.75. The maximum absolute atomic E-state index is 9.89. The van der Waals surface area contributed by atoms with Crippen LogP contribution in [0.1, 0.15) is 25.0 Å². The summed E-state index contributed by atoms with van der Waals surface area (Å²) in [5.41, 5.74) is 0.804. The van der Waals surface area contributed by atoms with Crippen molar-refractivity contribution in [1.82, 2.24) is 4.98 Å². The van der Waals surface area contributed by atoms with Gasteiger partial charge in [-0.25, -0.2) is 0 Å².